The molecule has 1 amide bonds. The molecule has 0 rings (SSSR count). The van der Waals surface area contributed by atoms with Crippen LogP contribution in [0.4, 0.5) is 0 Å². The highest BCUT2D eigenvalue weighted by atomic mass is 16.5. The van der Waals surface area contributed by atoms with E-state index in [1.807, 2.05) is 13.8 Å². The molecule has 1 unspecified atom stereocenters. The van der Waals surface area contributed by atoms with Crippen LogP contribution in [0.3, 0.4) is 0 Å². The molecule has 0 aliphatic rings. The molecule has 10 heavy (non-hydrogen) atoms. The maximum absolute atomic E-state index is 10.7. The topological polar surface area (TPSA) is 29.5 Å². The lowest BCUT2D eigenvalue weighted by atomic mass is 10.5. The molecule has 1 atom stereocenters. The Morgan fingerprint density at radius 1 is 1.70 bits per heavy atom. The van der Waals surface area contributed by atoms with E-state index in [1.165, 1.54) is 6.92 Å². The summed E-state index contributed by atoms with van der Waals surface area (Å²) in [5.41, 5.74) is 0. The van der Waals surface area contributed by atoms with Crippen LogP contribution in [-0.4, -0.2) is 30.7 Å². The van der Waals surface area contributed by atoms with Crippen LogP contribution in [0.2, 0.25) is 0 Å². The first kappa shape index (κ1) is 9.43. The Hall–Kier alpha value is -0.570. The van der Waals surface area contributed by atoms with Crippen molar-refractivity contribution in [2.45, 2.75) is 27.0 Å². The number of amides is 1. The maximum Gasteiger partial charge on any atom is 0.221 e. The summed E-state index contributed by atoms with van der Waals surface area (Å²) in [5, 5.41) is 0. The second-order valence-corrected chi connectivity index (χ2v) is 2.18. The Labute approximate surface area is 62.0 Å². The molecule has 0 N–H and O–H groups in total. The third-order valence-corrected chi connectivity index (χ3v) is 1.45. The van der Waals surface area contributed by atoms with Crippen molar-refractivity contribution in [3.05, 3.63) is 0 Å². The maximum atomic E-state index is 10.7. The zero-order valence-corrected chi connectivity index (χ0v) is 7.05. The minimum absolute atomic E-state index is 0.0287. The van der Waals surface area contributed by atoms with Crippen molar-refractivity contribution >= 4 is 5.91 Å². The van der Waals surface area contributed by atoms with E-state index in [4.69, 9.17) is 4.74 Å². The average molecular weight is 145 g/mol. The summed E-state index contributed by atoms with van der Waals surface area (Å²) in [7, 11) is 1.72. The lowest BCUT2D eigenvalue weighted by molar-refractivity contribution is -0.139. The van der Waals surface area contributed by atoms with E-state index in [9.17, 15) is 4.79 Å². The van der Waals surface area contributed by atoms with Crippen LogP contribution in [-0.2, 0) is 9.53 Å². The zero-order valence-electron chi connectivity index (χ0n) is 7.05. The lowest BCUT2D eigenvalue weighted by Crippen LogP contribution is -2.35. The molecule has 3 heteroatoms. The first-order valence-electron chi connectivity index (χ1n) is 3.44. The molecule has 60 valence electrons. The first-order chi connectivity index (χ1) is 4.59. The monoisotopic (exact) mass is 145 g/mol. The van der Waals surface area contributed by atoms with E-state index in [0.717, 1.165) is 0 Å². The molecule has 0 saturated carbocycles. The highest BCUT2D eigenvalue weighted by Crippen LogP contribution is 1.96. The number of carbonyl (C=O) groups is 1. The number of hydrogen-bond acceptors (Lipinski definition) is 2. The van der Waals surface area contributed by atoms with Gasteiger partial charge < -0.3 is 9.64 Å². The third-order valence-electron chi connectivity index (χ3n) is 1.45. The van der Waals surface area contributed by atoms with Crippen LogP contribution in [0.1, 0.15) is 20.8 Å². The van der Waals surface area contributed by atoms with E-state index in [0.29, 0.717) is 6.61 Å². The molecule has 0 fully saturated rings. The number of carbonyl (C=O) groups excluding carboxylic acids is 1. The van der Waals surface area contributed by atoms with Crippen molar-refractivity contribution in [2.75, 3.05) is 13.7 Å². The summed E-state index contributed by atoms with van der Waals surface area (Å²) in [6.45, 7) is 5.92. The molecule has 0 radical (unpaired) electrons. The molecular formula is C7H15NO2. The quantitative estimate of drug-likeness (QED) is 0.551. The largest absolute Gasteiger partial charge is 0.359 e. The van der Waals surface area contributed by atoms with Gasteiger partial charge in [-0.1, -0.05) is 0 Å². The van der Waals surface area contributed by atoms with Gasteiger partial charge in [0.1, 0.15) is 6.23 Å². The van der Waals surface area contributed by atoms with Crippen LogP contribution in [0.25, 0.3) is 0 Å². The summed E-state index contributed by atoms with van der Waals surface area (Å²) < 4.78 is 5.17. The summed E-state index contributed by atoms with van der Waals surface area (Å²) in [6.07, 6.45) is -0.109. The standard InChI is InChI=1S/C7H15NO2/c1-5-10-7(3)8(4)6(2)9/h7H,5H2,1-4H3. The van der Waals surface area contributed by atoms with Crippen LogP contribution >= 0.6 is 0 Å². The van der Waals surface area contributed by atoms with E-state index >= 15 is 0 Å². The average Bonchev–Trinajstić information content (AvgIpc) is 1.87. The number of ether oxygens (including phenoxy) is 1. The van der Waals surface area contributed by atoms with E-state index in [-0.39, 0.29) is 12.1 Å². The van der Waals surface area contributed by atoms with Gasteiger partial charge in [-0.25, -0.2) is 0 Å². The molecule has 0 aliphatic carbocycles. The van der Waals surface area contributed by atoms with E-state index < -0.39 is 0 Å². The molecular weight excluding hydrogens is 130 g/mol. The highest BCUT2D eigenvalue weighted by molar-refractivity contribution is 5.72. The number of hydrogen-bond donors (Lipinski definition) is 0. The second-order valence-electron chi connectivity index (χ2n) is 2.18. The lowest BCUT2D eigenvalue weighted by Gasteiger charge is -2.22. The first-order valence-corrected chi connectivity index (χ1v) is 3.44. The summed E-state index contributed by atoms with van der Waals surface area (Å²) in [5.74, 6) is 0.0287. The van der Waals surface area contributed by atoms with Gasteiger partial charge in [0, 0.05) is 20.6 Å². The molecule has 0 aromatic rings. The van der Waals surface area contributed by atoms with Gasteiger partial charge in [-0.3, -0.25) is 4.79 Å². The van der Waals surface area contributed by atoms with Crippen molar-refractivity contribution in [3.8, 4) is 0 Å². The zero-order chi connectivity index (χ0) is 8.15. The van der Waals surface area contributed by atoms with Crippen molar-refractivity contribution in [2.24, 2.45) is 0 Å². The molecule has 3 nitrogen and oxygen atoms in total. The minimum atomic E-state index is -0.109. The molecule has 0 saturated heterocycles. The Balaban J connectivity index is 3.69. The summed E-state index contributed by atoms with van der Waals surface area (Å²) in [6, 6.07) is 0. The van der Waals surface area contributed by atoms with Crippen LogP contribution in [0.15, 0.2) is 0 Å². The number of rotatable bonds is 3. The van der Waals surface area contributed by atoms with Gasteiger partial charge in [0.05, 0.1) is 0 Å². The smallest absolute Gasteiger partial charge is 0.221 e. The predicted molar refractivity (Wildman–Crippen MR) is 39.5 cm³/mol. The van der Waals surface area contributed by atoms with Crippen LogP contribution in [0.5, 0.6) is 0 Å². The summed E-state index contributed by atoms with van der Waals surface area (Å²) in [4.78, 5) is 12.3. The van der Waals surface area contributed by atoms with Gasteiger partial charge >= 0.3 is 0 Å². The van der Waals surface area contributed by atoms with Gasteiger partial charge in [0.25, 0.3) is 0 Å². The van der Waals surface area contributed by atoms with Gasteiger partial charge in [0.2, 0.25) is 5.91 Å². The SMILES string of the molecule is CCOC(C)N(C)C(C)=O. The van der Waals surface area contributed by atoms with Gasteiger partial charge in [0.15, 0.2) is 0 Å². The van der Waals surface area contributed by atoms with Crippen molar-refractivity contribution in [3.63, 3.8) is 0 Å². The third kappa shape index (κ3) is 2.82. The Morgan fingerprint density at radius 2 is 2.20 bits per heavy atom. The minimum Gasteiger partial charge on any atom is -0.359 e. The van der Waals surface area contributed by atoms with Gasteiger partial charge in [-0.2, -0.15) is 0 Å². The molecule has 0 aliphatic heterocycles. The second kappa shape index (κ2) is 4.28. The molecule has 0 heterocycles. The predicted octanol–water partition coefficient (Wildman–Crippen LogP) is 0.847. The summed E-state index contributed by atoms with van der Waals surface area (Å²) >= 11 is 0. The van der Waals surface area contributed by atoms with E-state index in [2.05, 4.69) is 0 Å². The fourth-order valence-electron chi connectivity index (χ4n) is 0.609. The van der Waals surface area contributed by atoms with Crippen molar-refractivity contribution in [1.82, 2.24) is 4.90 Å². The Morgan fingerprint density at radius 3 is 2.50 bits per heavy atom. The fourth-order valence-corrected chi connectivity index (χ4v) is 0.609. The van der Waals surface area contributed by atoms with Gasteiger partial charge in [-0.05, 0) is 13.8 Å². The van der Waals surface area contributed by atoms with Crippen molar-refractivity contribution < 1.29 is 9.53 Å². The van der Waals surface area contributed by atoms with Gasteiger partial charge in [-0.15, -0.1) is 0 Å². The number of nitrogens with zero attached hydrogens (tertiary/aromatic N) is 1. The normalized spacial score (nSPS) is 12.8. The molecule has 0 aromatic heterocycles. The highest BCUT2D eigenvalue weighted by Gasteiger charge is 2.09. The molecule has 0 spiro atoms. The van der Waals surface area contributed by atoms with Crippen molar-refractivity contribution in [1.29, 1.82) is 0 Å². The van der Waals surface area contributed by atoms with Crippen LogP contribution < -0.4 is 0 Å². The van der Waals surface area contributed by atoms with E-state index in [1.54, 1.807) is 11.9 Å². The van der Waals surface area contributed by atoms with Crippen LogP contribution in [0, 0.1) is 0 Å². The Bertz CT molecular complexity index is 114. The Kier molecular flexibility index (Phi) is 4.03. The molecule has 0 aromatic carbocycles. The fraction of sp³-hybridized carbons (Fsp3) is 0.857. The molecule has 0 bridgehead atoms.